The Kier molecular flexibility index (Phi) is 4.41. The van der Waals surface area contributed by atoms with Crippen molar-refractivity contribution in [3.63, 3.8) is 0 Å². The summed E-state index contributed by atoms with van der Waals surface area (Å²) in [7, 11) is -2.00. The van der Waals surface area contributed by atoms with Crippen LogP contribution in [-0.4, -0.2) is 25.3 Å². The third-order valence-corrected chi connectivity index (χ3v) is 4.33. The van der Waals surface area contributed by atoms with Crippen LogP contribution >= 0.6 is 0 Å². The van der Waals surface area contributed by atoms with E-state index in [1.165, 1.54) is 19.2 Å². The highest BCUT2D eigenvalue weighted by atomic mass is 32.2. The van der Waals surface area contributed by atoms with Crippen LogP contribution in [0.15, 0.2) is 41.4 Å². The normalized spacial score (nSPS) is 11.5. The molecule has 2 rings (SSSR count). The number of benzene rings is 1. The largest absolute Gasteiger partial charge is 0.497 e. The molecular formula is C13H17N3O3S. The zero-order valence-electron chi connectivity index (χ0n) is 11.4. The Labute approximate surface area is 118 Å². The van der Waals surface area contributed by atoms with Gasteiger partial charge in [0.1, 0.15) is 5.75 Å². The fourth-order valence-corrected chi connectivity index (χ4v) is 2.80. The summed E-state index contributed by atoms with van der Waals surface area (Å²) in [5.74, 6) is 0.619. The van der Waals surface area contributed by atoms with E-state index in [0.29, 0.717) is 12.3 Å². The summed E-state index contributed by atoms with van der Waals surface area (Å²) in [6.07, 6.45) is 1.65. The van der Waals surface area contributed by atoms with Gasteiger partial charge in [-0.25, -0.2) is 13.1 Å². The molecule has 1 N–H and O–H groups in total. The molecule has 0 atom stereocenters. The predicted octanol–water partition coefficient (Wildman–Crippen LogP) is 1.39. The van der Waals surface area contributed by atoms with Crippen molar-refractivity contribution < 1.29 is 13.2 Å². The number of methoxy groups -OCH3 is 1. The van der Waals surface area contributed by atoms with Crippen LogP contribution < -0.4 is 9.46 Å². The number of hydrogen-bond donors (Lipinski definition) is 1. The molecule has 108 valence electrons. The molecular weight excluding hydrogens is 278 g/mol. The summed E-state index contributed by atoms with van der Waals surface area (Å²) >= 11 is 0. The van der Waals surface area contributed by atoms with E-state index < -0.39 is 10.0 Å². The summed E-state index contributed by atoms with van der Waals surface area (Å²) < 4.78 is 33.6. The molecule has 0 fully saturated rings. The number of aromatic nitrogens is 2. The van der Waals surface area contributed by atoms with Crippen molar-refractivity contribution in [2.24, 2.45) is 0 Å². The Bertz CT molecular complexity index is 662. The molecule has 0 amide bonds. The molecule has 20 heavy (non-hydrogen) atoms. The Morgan fingerprint density at radius 3 is 2.55 bits per heavy atom. The van der Waals surface area contributed by atoms with Crippen LogP contribution in [0.2, 0.25) is 0 Å². The van der Waals surface area contributed by atoms with Gasteiger partial charge in [0.15, 0.2) is 0 Å². The molecule has 7 heteroatoms. The molecule has 0 bridgehead atoms. The second-order valence-corrected chi connectivity index (χ2v) is 5.91. The van der Waals surface area contributed by atoms with Gasteiger partial charge in [-0.2, -0.15) is 5.10 Å². The first-order valence-corrected chi connectivity index (χ1v) is 7.69. The summed E-state index contributed by atoms with van der Waals surface area (Å²) in [5.41, 5.74) is 0.824. The minimum atomic E-state index is -3.53. The van der Waals surface area contributed by atoms with E-state index in [1.807, 2.05) is 6.92 Å². The van der Waals surface area contributed by atoms with Crippen molar-refractivity contribution >= 4 is 10.0 Å². The molecule has 0 radical (unpaired) electrons. The van der Waals surface area contributed by atoms with Crippen molar-refractivity contribution in [2.75, 3.05) is 7.11 Å². The van der Waals surface area contributed by atoms with Crippen LogP contribution in [0.3, 0.4) is 0 Å². The fraction of sp³-hybridized carbons (Fsp3) is 0.308. The second-order valence-electron chi connectivity index (χ2n) is 4.14. The molecule has 0 saturated heterocycles. The molecule has 0 spiro atoms. The molecule has 0 aliphatic rings. The average Bonchev–Trinajstić information content (AvgIpc) is 2.93. The van der Waals surface area contributed by atoms with E-state index in [9.17, 15) is 8.42 Å². The molecule has 0 saturated carbocycles. The van der Waals surface area contributed by atoms with Gasteiger partial charge in [0, 0.05) is 12.7 Å². The first kappa shape index (κ1) is 14.5. The van der Waals surface area contributed by atoms with Crippen LogP contribution in [0.1, 0.15) is 12.6 Å². The maximum atomic E-state index is 12.1. The highest BCUT2D eigenvalue weighted by molar-refractivity contribution is 7.89. The lowest BCUT2D eigenvalue weighted by Gasteiger charge is -2.08. The SMILES string of the molecule is CCn1nccc1CNS(=O)(=O)c1ccc(OC)cc1. The van der Waals surface area contributed by atoms with Crippen LogP contribution in [0.5, 0.6) is 5.75 Å². The molecule has 2 aromatic rings. The van der Waals surface area contributed by atoms with Gasteiger partial charge in [0.05, 0.1) is 24.2 Å². The second kappa shape index (κ2) is 6.06. The zero-order valence-corrected chi connectivity index (χ0v) is 12.2. The number of rotatable bonds is 6. The van der Waals surface area contributed by atoms with Crippen LogP contribution in [0, 0.1) is 0 Å². The van der Waals surface area contributed by atoms with Gasteiger partial charge >= 0.3 is 0 Å². The maximum Gasteiger partial charge on any atom is 0.240 e. The van der Waals surface area contributed by atoms with Gasteiger partial charge < -0.3 is 4.74 Å². The number of nitrogens with one attached hydrogen (secondary N) is 1. The standard InChI is InChI=1S/C13H17N3O3S/c1-3-16-11(8-9-14-16)10-15-20(17,18)13-6-4-12(19-2)5-7-13/h4-9,15H,3,10H2,1-2H3. The average molecular weight is 295 g/mol. The maximum absolute atomic E-state index is 12.1. The minimum absolute atomic E-state index is 0.209. The van der Waals surface area contributed by atoms with E-state index in [-0.39, 0.29) is 11.4 Å². The lowest BCUT2D eigenvalue weighted by atomic mass is 10.3. The van der Waals surface area contributed by atoms with Crippen LogP contribution in [0.4, 0.5) is 0 Å². The van der Waals surface area contributed by atoms with Crippen molar-refractivity contribution in [3.05, 3.63) is 42.2 Å². The lowest BCUT2D eigenvalue weighted by molar-refractivity contribution is 0.414. The summed E-state index contributed by atoms with van der Waals surface area (Å²) in [5, 5.41) is 4.10. The number of sulfonamides is 1. The zero-order chi connectivity index (χ0) is 14.6. The topological polar surface area (TPSA) is 73.2 Å². The highest BCUT2D eigenvalue weighted by Crippen LogP contribution is 2.15. The lowest BCUT2D eigenvalue weighted by Crippen LogP contribution is -2.24. The monoisotopic (exact) mass is 295 g/mol. The van der Waals surface area contributed by atoms with Gasteiger partial charge in [-0.1, -0.05) is 0 Å². The summed E-state index contributed by atoms with van der Waals surface area (Å²) in [6, 6.07) is 8.05. The van der Waals surface area contributed by atoms with Crippen molar-refractivity contribution in [3.8, 4) is 5.75 Å². The third-order valence-electron chi connectivity index (χ3n) is 2.92. The molecule has 0 aliphatic carbocycles. The first-order valence-electron chi connectivity index (χ1n) is 6.21. The van der Waals surface area contributed by atoms with Crippen molar-refractivity contribution in [1.29, 1.82) is 0 Å². The van der Waals surface area contributed by atoms with Gasteiger partial charge in [0.25, 0.3) is 0 Å². The summed E-state index contributed by atoms with van der Waals surface area (Å²) in [4.78, 5) is 0.209. The number of nitrogens with zero attached hydrogens (tertiary/aromatic N) is 2. The molecule has 1 heterocycles. The predicted molar refractivity (Wildman–Crippen MR) is 74.9 cm³/mol. The molecule has 6 nitrogen and oxygen atoms in total. The van der Waals surface area contributed by atoms with Crippen LogP contribution in [-0.2, 0) is 23.1 Å². The molecule has 0 unspecified atom stereocenters. The fourth-order valence-electron chi connectivity index (χ4n) is 1.80. The Morgan fingerprint density at radius 1 is 1.25 bits per heavy atom. The highest BCUT2D eigenvalue weighted by Gasteiger charge is 2.14. The quantitative estimate of drug-likeness (QED) is 0.874. The number of ether oxygens (including phenoxy) is 1. The van der Waals surface area contributed by atoms with E-state index in [1.54, 1.807) is 29.1 Å². The van der Waals surface area contributed by atoms with Crippen molar-refractivity contribution in [2.45, 2.75) is 24.9 Å². The Morgan fingerprint density at radius 2 is 1.95 bits per heavy atom. The van der Waals surface area contributed by atoms with E-state index >= 15 is 0 Å². The van der Waals surface area contributed by atoms with E-state index in [0.717, 1.165) is 5.69 Å². The van der Waals surface area contributed by atoms with Crippen LogP contribution in [0.25, 0.3) is 0 Å². The van der Waals surface area contributed by atoms with Crippen molar-refractivity contribution in [1.82, 2.24) is 14.5 Å². The number of hydrogen-bond acceptors (Lipinski definition) is 4. The first-order chi connectivity index (χ1) is 9.56. The number of aryl methyl sites for hydroxylation is 1. The Hall–Kier alpha value is -1.86. The smallest absolute Gasteiger partial charge is 0.240 e. The van der Waals surface area contributed by atoms with E-state index in [2.05, 4.69) is 9.82 Å². The van der Waals surface area contributed by atoms with Gasteiger partial charge in [-0.3, -0.25) is 4.68 Å². The van der Waals surface area contributed by atoms with Gasteiger partial charge in [0.2, 0.25) is 10.0 Å². The van der Waals surface area contributed by atoms with E-state index in [4.69, 9.17) is 4.74 Å². The van der Waals surface area contributed by atoms with Gasteiger partial charge in [-0.05, 0) is 37.3 Å². The summed E-state index contributed by atoms with van der Waals surface area (Å²) in [6.45, 7) is 2.86. The third kappa shape index (κ3) is 3.17. The Balaban J connectivity index is 2.10. The molecule has 1 aromatic carbocycles. The minimum Gasteiger partial charge on any atom is -0.497 e. The molecule has 1 aromatic heterocycles. The van der Waals surface area contributed by atoms with Gasteiger partial charge in [-0.15, -0.1) is 0 Å². The molecule has 0 aliphatic heterocycles.